The second-order valence-electron chi connectivity index (χ2n) is 6.55. The number of ether oxygens (including phenoxy) is 1. The summed E-state index contributed by atoms with van der Waals surface area (Å²) in [4.78, 5) is 36.4. The van der Waals surface area contributed by atoms with Gasteiger partial charge in [-0.2, -0.15) is 5.10 Å². The first kappa shape index (κ1) is 24.3. The van der Waals surface area contributed by atoms with Crippen molar-refractivity contribution in [1.82, 2.24) is 10.7 Å². The Bertz CT molecular complexity index is 1220. The van der Waals surface area contributed by atoms with E-state index in [0.717, 1.165) is 6.07 Å². The summed E-state index contributed by atoms with van der Waals surface area (Å²) in [5.74, 6) is -2.10. The molecule has 3 rings (SSSR count). The second kappa shape index (κ2) is 11.5. The number of halogens is 3. The number of nitrogens with zero attached hydrogens (tertiary/aromatic N) is 1. The van der Waals surface area contributed by atoms with Gasteiger partial charge in [0.1, 0.15) is 5.82 Å². The molecule has 2 amide bonds. The number of amides is 2. The summed E-state index contributed by atoms with van der Waals surface area (Å²) in [6.45, 7) is -0.370. The zero-order chi connectivity index (χ0) is 23.8. The molecule has 0 heterocycles. The van der Waals surface area contributed by atoms with Crippen LogP contribution in [0.1, 0.15) is 26.3 Å². The minimum absolute atomic E-state index is 0.0927. The predicted molar refractivity (Wildman–Crippen MR) is 128 cm³/mol. The molecule has 33 heavy (non-hydrogen) atoms. The number of esters is 1. The third kappa shape index (κ3) is 7.06. The molecule has 0 bridgehead atoms. The highest BCUT2D eigenvalue weighted by Crippen LogP contribution is 2.32. The average molecular weight is 577 g/mol. The van der Waals surface area contributed by atoms with Gasteiger partial charge in [-0.3, -0.25) is 9.59 Å². The third-order valence-corrected chi connectivity index (χ3v) is 5.18. The molecule has 0 aliphatic carbocycles. The number of hydrogen-bond acceptors (Lipinski definition) is 5. The quantitative estimate of drug-likeness (QED) is 0.188. The lowest BCUT2D eigenvalue weighted by Crippen LogP contribution is -2.34. The molecule has 3 aromatic rings. The number of carbonyl (C=O) groups is 3. The lowest BCUT2D eigenvalue weighted by molar-refractivity contribution is -0.120. The van der Waals surface area contributed by atoms with Crippen LogP contribution in [0.25, 0.3) is 0 Å². The first-order valence-electron chi connectivity index (χ1n) is 9.45. The van der Waals surface area contributed by atoms with Crippen LogP contribution in [0.5, 0.6) is 5.75 Å². The summed E-state index contributed by atoms with van der Waals surface area (Å²) < 4.78 is 19.9. The fourth-order valence-corrected chi connectivity index (χ4v) is 3.95. The van der Waals surface area contributed by atoms with Crippen LogP contribution in [-0.4, -0.2) is 30.5 Å². The summed E-state index contributed by atoms with van der Waals surface area (Å²) in [6, 6.07) is 16.9. The number of hydrogen-bond donors (Lipinski definition) is 2. The molecular weight excluding hydrogens is 561 g/mol. The van der Waals surface area contributed by atoms with Crippen LogP contribution < -0.4 is 15.5 Å². The fourth-order valence-electron chi connectivity index (χ4n) is 2.62. The zero-order valence-electron chi connectivity index (χ0n) is 16.8. The molecule has 0 aliphatic rings. The summed E-state index contributed by atoms with van der Waals surface area (Å²) >= 11 is 6.71. The summed E-state index contributed by atoms with van der Waals surface area (Å²) in [7, 11) is 0. The molecule has 0 spiro atoms. The summed E-state index contributed by atoms with van der Waals surface area (Å²) in [5.41, 5.74) is 3.14. The average Bonchev–Trinajstić information content (AvgIpc) is 2.80. The molecule has 0 atom stereocenters. The molecule has 0 aliphatic heterocycles. The van der Waals surface area contributed by atoms with Crippen LogP contribution >= 0.6 is 31.9 Å². The van der Waals surface area contributed by atoms with E-state index in [4.69, 9.17) is 4.74 Å². The second-order valence-corrected chi connectivity index (χ2v) is 8.32. The number of benzene rings is 3. The van der Waals surface area contributed by atoms with E-state index >= 15 is 0 Å². The zero-order valence-corrected chi connectivity index (χ0v) is 20.0. The SMILES string of the molecule is O=C(CNC(=O)c1cccc(F)c1)N/N=C\c1cc(Br)cc(Br)c1OC(=O)c1ccccc1. The molecule has 0 unspecified atom stereocenters. The van der Waals surface area contributed by atoms with Crippen molar-refractivity contribution in [3.8, 4) is 5.75 Å². The van der Waals surface area contributed by atoms with Crippen molar-refractivity contribution in [2.45, 2.75) is 0 Å². The van der Waals surface area contributed by atoms with E-state index in [1.807, 2.05) is 0 Å². The number of hydrazone groups is 1. The van der Waals surface area contributed by atoms with E-state index in [2.05, 4.69) is 47.7 Å². The van der Waals surface area contributed by atoms with Gasteiger partial charge in [-0.15, -0.1) is 0 Å². The summed E-state index contributed by atoms with van der Waals surface area (Å²) in [5, 5.41) is 6.23. The van der Waals surface area contributed by atoms with Crippen molar-refractivity contribution in [1.29, 1.82) is 0 Å². The number of nitrogens with one attached hydrogen (secondary N) is 2. The Balaban J connectivity index is 1.63. The van der Waals surface area contributed by atoms with Crippen LogP contribution in [0.3, 0.4) is 0 Å². The van der Waals surface area contributed by atoms with E-state index in [0.29, 0.717) is 20.1 Å². The standard InChI is InChI=1S/C23H16Br2FN3O4/c24-17-9-16(21(19(25)11-17)33-23(32)14-5-2-1-3-6-14)12-28-29-20(30)13-27-22(31)15-7-4-8-18(26)10-15/h1-12H,13H2,(H,27,31)(H,29,30)/b28-12-. The Hall–Kier alpha value is -3.37. The lowest BCUT2D eigenvalue weighted by Gasteiger charge is -2.10. The highest BCUT2D eigenvalue weighted by Gasteiger charge is 2.15. The Morgan fingerprint density at radius 2 is 1.70 bits per heavy atom. The highest BCUT2D eigenvalue weighted by atomic mass is 79.9. The maximum absolute atomic E-state index is 13.2. The van der Waals surface area contributed by atoms with E-state index in [1.54, 1.807) is 42.5 Å². The smallest absolute Gasteiger partial charge is 0.343 e. The van der Waals surface area contributed by atoms with E-state index in [9.17, 15) is 18.8 Å². The van der Waals surface area contributed by atoms with Gasteiger partial charge in [0, 0.05) is 15.6 Å². The topological polar surface area (TPSA) is 96.9 Å². The summed E-state index contributed by atoms with van der Waals surface area (Å²) in [6.07, 6.45) is 1.30. The largest absolute Gasteiger partial charge is 0.421 e. The molecule has 2 N–H and O–H groups in total. The molecule has 0 radical (unpaired) electrons. The highest BCUT2D eigenvalue weighted by molar-refractivity contribution is 9.11. The van der Waals surface area contributed by atoms with Gasteiger partial charge in [-0.1, -0.05) is 40.2 Å². The minimum Gasteiger partial charge on any atom is -0.421 e. The fraction of sp³-hybridized carbons (Fsp3) is 0.0435. The van der Waals surface area contributed by atoms with Gasteiger partial charge in [-0.05, 0) is 58.4 Å². The van der Waals surface area contributed by atoms with Crippen molar-refractivity contribution in [3.63, 3.8) is 0 Å². The Morgan fingerprint density at radius 1 is 0.970 bits per heavy atom. The lowest BCUT2D eigenvalue weighted by atomic mass is 10.2. The van der Waals surface area contributed by atoms with Crippen LogP contribution in [-0.2, 0) is 4.79 Å². The van der Waals surface area contributed by atoms with E-state index < -0.39 is 23.6 Å². The number of rotatable bonds is 7. The van der Waals surface area contributed by atoms with Gasteiger partial charge in [-0.25, -0.2) is 14.6 Å². The molecule has 3 aromatic carbocycles. The Morgan fingerprint density at radius 3 is 2.42 bits per heavy atom. The van der Waals surface area contributed by atoms with Gasteiger partial charge in [0.25, 0.3) is 11.8 Å². The van der Waals surface area contributed by atoms with Gasteiger partial charge in [0.15, 0.2) is 5.75 Å². The molecule has 10 heteroatoms. The van der Waals surface area contributed by atoms with Crippen molar-refractivity contribution in [2.75, 3.05) is 6.54 Å². The van der Waals surface area contributed by atoms with Crippen molar-refractivity contribution >= 4 is 55.9 Å². The van der Waals surface area contributed by atoms with E-state index in [-0.39, 0.29) is 17.9 Å². The molecular formula is C23H16Br2FN3O4. The van der Waals surface area contributed by atoms with E-state index in [1.165, 1.54) is 24.4 Å². The normalized spacial score (nSPS) is 10.6. The maximum atomic E-state index is 13.2. The molecule has 7 nitrogen and oxygen atoms in total. The van der Waals surface area contributed by atoms with Gasteiger partial charge >= 0.3 is 5.97 Å². The molecule has 0 saturated carbocycles. The Labute approximate surface area is 205 Å². The third-order valence-electron chi connectivity index (χ3n) is 4.13. The van der Waals surface area contributed by atoms with Crippen LogP contribution in [0.2, 0.25) is 0 Å². The minimum atomic E-state index is -0.604. The molecule has 0 saturated heterocycles. The van der Waals surface area contributed by atoms with Crippen LogP contribution in [0, 0.1) is 5.82 Å². The number of carbonyl (C=O) groups excluding carboxylic acids is 3. The maximum Gasteiger partial charge on any atom is 0.343 e. The monoisotopic (exact) mass is 575 g/mol. The van der Waals surface area contributed by atoms with Crippen LogP contribution in [0.15, 0.2) is 80.8 Å². The first-order chi connectivity index (χ1) is 15.8. The van der Waals surface area contributed by atoms with Crippen LogP contribution in [0.4, 0.5) is 4.39 Å². The van der Waals surface area contributed by atoms with Crippen molar-refractivity contribution in [3.05, 3.63) is 98.2 Å². The molecule has 168 valence electrons. The Kier molecular flexibility index (Phi) is 8.45. The van der Waals surface area contributed by atoms with Gasteiger partial charge in [0.05, 0.1) is 22.8 Å². The van der Waals surface area contributed by atoms with Crippen molar-refractivity contribution < 1.29 is 23.5 Å². The molecule has 0 aromatic heterocycles. The first-order valence-corrected chi connectivity index (χ1v) is 11.0. The van der Waals surface area contributed by atoms with Crippen molar-refractivity contribution in [2.24, 2.45) is 5.10 Å². The molecule has 0 fully saturated rings. The van der Waals surface area contributed by atoms with Gasteiger partial charge in [0.2, 0.25) is 0 Å². The van der Waals surface area contributed by atoms with Gasteiger partial charge < -0.3 is 10.1 Å². The predicted octanol–water partition coefficient (Wildman–Crippen LogP) is 4.45.